The first kappa shape index (κ1) is 25.4. The molecule has 2 aliphatic rings. The number of aromatic hydroxyl groups is 1. The van der Waals surface area contributed by atoms with E-state index in [1.807, 2.05) is 42.2 Å². The number of phenols is 1. The third-order valence-corrected chi connectivity index (χ3v) is 7.87. The number of carbonyl (C=O) groups is 1. The molecule has 5 rings (SSSR count). The van der Waals surface area contributed by atoms with Crippen LogP contribution in [0.3, 0.4) is 0 Å². The molecule has 2 fully saturated rings. The van der Waals surface area contributed by atoms with E-state index in [0.29, 0.717) is 49.6 Å². The number of nitrogens with zero attached hydrogens (tertiary/aromatic N) is 4. The molecule has 8 heteroatoms. The van der Waals surface area contributed by atoms with E-state index in [2.05, 4.69) is 36.5 Å². The monoisotopic (exact) mass is 512 g/mol. The molecule has 0 spiro atoms. The van der Waals surface area contributed by atoms with Gasteiger partial charge in [0.05, 0.1) is 16.8 Å². The van der Waals surface area contributed by atoms with Crippen LogP contribution in [0.5, 0.6) is 5.75 Å². The zero-order valence-electron chi connectivity index (χ0n) is 21.4. The van der Waals surface area contributed by atoms with Crippen molar-refractivity contribution in [2.45, 2.75) is 38.0 Å². The highest BCUT2D eigenvalue weighted by Gasteiger charge is 2.30. The summed E-state index contributed by atoms with van der Waals surface area (Å²) in [4.78, 5) is 25.8. The van der Waals surface area contributed by atoms with Crippen LogP contribution in [0, 0.1) is 0 Å². The summed E-state index contributed by atoms with van der Waals surface area (Å²) in [6, 6.07) is 13.9. The average molecular weight is 513 g/mol. The lowest BCUT2D eigenvalue weighted by Crippen LogP contribution is -2.41. The molecule has 2 N–H and O–H groups in total. The van der Waals surface area contributed by atoms with Crippen LogP contribution in [0.1, 0.15) is 49.1 Å². The van der Waals surface area contributed by atoms with E-state index < -0.39 is 0 Å². The number of aromatic nitrogens is 2. The maximum Gasteiger partial charge on any atom is 0.236 e. The maximum atomic E-state index is 13.1. The van der Waals surface area contributed by atoms with Crippen molar-refractivity contribution in [2.75, 3.05) is 44.6 Å². The molecule has 37 heavy (non-hydrogen) atoms. The molecule has 7 nitrogen and oxygen atoms in total. The molecule has 3 aromatic rings. The van der Waals surface area contributed by atoms with Gasteiger partial charge in [0.25, 0.3) is 0 Å². The first-order chi connectivity index (χ1) is 18.0. The molecule has 2 aromatic carbocycles. The largest absolute Gasteiger partial charge is 0.508 e. The van der Waals surface area contributed by atoms with Crippen LogP contribution in [-0.4, -0.2) is 80.3 Å². The summed E-state index contributed by atoms with van der Waals surface area (Å²) in [6.07, 6.45) is 6.80. The summed E-state index contributed by atoms with van der Waals surface area (Å²) in [6.45, 7) is 6.20. The summed E-state index contributed by atoms with van der Waals surface area (Å²) in [5.41, 5.74) is 4.19. The number of hydrogen-bond acceptors (Lipinski definition) is 6. The van der Waals surface area contributed by atoms with E-state index in [4.69, 9.17) is 0 Å². The van der Waals surface area contributed by atoms with Gasteiger partial charge in [0.2, 0.25) is 5.91 Å². The topological polar surface area (TPSA) is 81.6 Å². The predicted octanol–water partition coefficient (Wildman–Crippen LogP) is 3.27. The van der Waals surface area contributed by atoms with Gasteiger partial charge < -0.3 is 15.3 Å². The van der Waals surface area contributed by atoms with Crippen molar-refractivity contribution in [3.05, 3.63) is 66.0 Å². The van der Waals surface area contributed by atoms with Crippen LogP contribution in [0.2, 0.25) is 0 Å². The maximum absolute atomic E-state index is 13.1. The quantitative estimate of drug-likeness (QED) is 0.406. The number of nitrogens with one attached hydrogen (secondary N) is 1. The highest BCUT2D eigenvalue weighted by Crippen LogP contribution is 2.44. The summed E-state index contributed by atoms with van der Waals surface area (Å²) >= 11 is 0. The van der Waals surface area contributed by atoms with Gasteiger partial charge in [-0.05, 0) is 92.1 Å². The Morgan fingerprint density at radius 3 is 2.57 bits per heavy atom. The fourth-order valence-corrected chi connectivity index (χ4v) is 5.61. The fourth-order valence-electron chi connectivity index (χ4n) is 5.18. The van der Waals surface area contributed by atoms with Gasteiger partial charge in [-0.1, -0.05) is 11.3 Å². The van der Waals surface area contributed by atoms with Gasteiger partial charge in [0, 0.05) is 49.8 Å². The van der Waals surface area contributed by atoms with E-state index >= 15 is 0 Å². The van der Waals surface area contributed by atoms with E-state index in [0.717, 1.165) is 59.9 Å². The first-order valence-electron chi connectivity index (χ1n) is 13.2. The second-order valence-corrected chi connectivity index (χ2v) is 10.6. The molecule has 1 saturated carbocycles. The van der Waals surface area contributed by atoms with Crippen LogP contribution in [0.4, 0.5) is 5.69 Å². The van der Waals surface area contributed by atoms with Gasteiger partial charge >= 0.3 is 0 Å². The summed E-state index contributed by atoms with van der Waals surface area (Å²) < 4.78 is 0. The lowest BCUT2D eigenvalue weighted by molar-refractivity contribution is -0.131. The normalized spacial score (nSPS) is 17.6. The third-order valence-electron chi connectivity index (χ3n) is 7.44. The smallest absolute Gasteiger partial charge is 0.236 e. The number of hydrogen-bond donors (Lipinski definition) is 2. The summed E-state index contributed by atoms with van der Waals surface area (Å²) in [5.74, 6) is 2.12. The van der Waals surface area contributed by atoms with E-state index in [1.54, 1.807) is 18.5 Å². The molecule has 3 radical (unpaired) electrons. The van der Waals surface area contributed by atoms with Crippen molar-refractivity contribution < 1.29 is 9.90 Å². The van der Waals surface area contributed by atoms with Crippen molar-refractivity contribution >= 4 is 27.0 Å². The Hall–Kier alpha value is -3.23. The minimum Gasteiger partial charge on any atom is -0.508 e. The van der Waals surface area contributed by atoms with E-state index in [-0.39, 0.29) is 5.91 Å². The number of amides is 1. The predicted molar refractivity (Wildman–Crippen MR) is 147 cm³/mol. The number of likely N-dealkylation sites (N-methyl/N-ethyl adjacent to an activating group) is 1. The van der Waals surface area contributed by atoms with Crippen LogP contribution in [0.15, 0.2) is 54.9 Å². The molecule has 0 bridgehead atoms. The number of carbonyl (C=O) groups excluding carboxylic acids is 1. The second-order valence-electron chi connectivity index (χ2n) is 10.0. The Labute approximate surface area is 222 Å². The second kappa shape index (κ2) is 11.4. The average Bonchev–Trinajstić information content (AvgIpc) is 3.66. The molecule has 2 heterocycles. The van der Waals surface area contributed by atoms with Gasteiger partial charge in [-0.25, -0.2) is 9.97 Å². The van der Waals surface area contributed by atoms with Gasteiger partial charge in [-0.15, -0.1) is 0 Å². The molecule has 1 aromatic heterocycles. The third kappa shape index (κ3) is 6.19. The van der Waals surface area contributed by atoms with Gasteiger partial charge in [-0.3, -0.25) is 9.69 Å². The standard InChI is InChI=1S/C29H34N5O2Si/c1-2-34(15-13-30-23-8-6-21(7-9-23)29-31-11-3-12-32-29)28(36)19-33-14-10-22(18-33)25-16-26(35)24(17-27(25)37)20-4-5-20/h3,6-9,11-12,16-17,20,22,30,35H,2,4-5,10,13-15,18-19H2,1H3. The number of rotatable bonds is 10. The van der Waals surface area contributed by atoms with Crippen LogP contribution in [-0.2, 0) is 4.79 Å². The molecular formula is C29H34N5O2Si. The number of phenolic OH excluding ortho intramolecular Hbond substituents is 1. The highest BCUT2D eigenvalue weighted by molar-refractivity contribution is 6.33. The van der Waals surface area contributed by atoms with Gasteiger partial charge in [-0.2, -0.15) is 0 Å². The Kier molecular flexibility index (Phi) is 7.86. The van der Waals surface area contributed by atoms with Crippen molar-refractivity contribution in [3.8, 4) is 17.1 Å². The minimum absolute atomic E-state index is 0.159. The Bertz CT molecular complexity index is 1220. The molecular weight excluding hydrogens is 478 g/mol. The molecule has 1 atom stereocenters. The number of benzene rings is 2. The zero-order chi connectivity index (χ0) is 25.8. The fraction of sp³-hybridized carbons (Fsp3) is 0.414. The molecule has 1 aliphatic heterocycles. The lowest BCUT2D eigenvalue weighted by atomic mass is 9.95. The van der Waals surface area contributed by atoms with Gasteiger partial charge in [0.15, 0.2) is 5.82 Å². The molecule has 1 amide bonds. The van der Waals surface area contributed by atoms with Crippen molar-refractivity contribution in [2.24, 2.45) is 0 Å². The van der Waals surface area contributed by atoms with E-state index in [9.17, 15) is 9.90 Å². The molecule has 1 unspecified atom stereocenters. The molecule has 1 aliphatic carbocycles. The van der Waals surface area contributed by atoms with E-state index in [1.165, 1.54) is 0 Å². The summed E-state index contributed by atoms with van der Waals surface area (Å²) in [5, 5.41) is 15.0. The van der Waals surface area contributed by atoms with Crippen molar-refractivity contribution in [1.29, 1.82) is 0 Å². The van der Waals surface area contributed by atoms with Crippen molar-refractivity contribution in [3.63, 3.8) is 0 Å². The molecule has 191 valence electrons. The van der Waals surface area contributed by atoms with Crippen LogP contribution < -0.4 is 10.5 Å². The molecule has 1 saturated heterocycles. The number of anilines is 1. The zero-order valence-corrected chi connectivity index (χ0v) is 22.4. The van der Waals surface area contributed by atoms with Crippen LogP contribution in [0.25, 0.3) is 11.4 Å². The Morgan fingerprint density at radius 2 is 1.86 bits per heavy atom. The lowest BCUT2D eigenvalue weighted by Gasteiger charge is -2.25. The number of likely N-dealkylation sites (tertiary alicyclic amines) is 1. The van der Waals surface area contributed by atoms with Gasteiger partial charge in [0.1, 0.15) is 5.75 Å². The minimum atomic E-state index is 0.159. The highest BCUT2D eigenvalue weighted by atomic mass is 28.1. The Balaban J connectivity index is 1.10. The first-order valence-corrected chi connectivity index (χ1v) is 13.7. The van der Waals surface area contributed by atoms with Crippen LogP contribution >= 0.6 is 0 Å². The summed E-state index contributed by atoms with van der Waals surface area (Å²) in [7, 11) is 3.80. The SMILES string of the molecule is CCN(CCNc1ccc(-c2ncccn2)cc1)C(=O)CN1CCC(c2cc(O)c(C3CC3)cc2[Si])C1. The Morgan fingerprint density at radius 1 is 1.11 bits per heavy atom. The van der Waals surface area contributed by atoms with Crippen molar-refractivity contribution in [1.82, 2.24) is 19.8 Å².